The molecule has 1 atom stereocenters. The number of hydrogen-bond acceptors (Lipinski definition) is 5. The van der Waals surface area contributed by atoms with Gasteiger partial charge in [-0.2, -0.15) is 0 Å². The first kappa shape index (κ1) is 14.9. The highest BCUT2D eigenvalue weighted by atomic mass is 16.5. The number of piperazine rings is 1. The fourth-order valence-electron chi connectivity index (χ4n) is 1.93. The van der Waals surface area contributed by atoms with E-state index in [4.69, 9.17) is 15.6 Å². The van der Waals surface area contributed by atoms with Gasteiger partial charge in [0, 0.05) is 39.8 Å². The van der Waals surface area contributed by atoms with Gasteiger partial charge in [-0.1, -0.05) is 0 Å². The van der Waals surface area contributed by atoms with Gasteiger partial charge in [-0.3, -0.25) is 14.5 Å². The molecule has 1 rings (SSSR count). The lowest BCUT2D eigenvalue weighted by Gasteiger charge is -2.35. The number of rotatable bonds is 6. The van der Waals surface area contributed by atoms with Crippen LogP contribution in [0.2, 0.25) is 0 Å². The SMILES string of the molecule is COCC(N)C(=O)N1CCN(CCC(=O)O)CC1. The Morgan fingerprint density at radius 3 is 2.44 bits per heavy atom. The lowest BCUT2D eigenvalue weighted by Crippen LogP contribution is -2.54. The number of carbonyl (C=O) groups excluding carboxylic acids is 1. The van der Waals surface area contributed by atoms with Crippen molar-refractivity contribution in [2.45, 2.75) is 12.5 Å². The molecule has 7 heteroatoms. The second-order valence-electron chi connectivity index (χ2n) is 4.37. The standard InChI is InChI=1S/C11H21N3O4/c1-18-8-9(12)11(17)14-6-4-13(5-7-14)3-2-10(15)16/h9H,2-8,12H2,1H3,(H,15,16). The van der Waals surface area contributed by atoms with Crippen molar-refractivity contribution in [2.24, 2.45) is 5.73 Å². The molecule has 0 aromatic rings. The lowest BCUT2D eigenvalue weighted by atomic mass is 10.2. The van der Waals surface area contributed by atoms with E-state index in [0.717, 1.165) is 0 Å². The van der Waals surface area contributed by atoms with Gasteiger partial charge in [0.25, 0.3) is 0 Å². The number of aliphatic carboxylic acids is 1. The first-order chi connectivity index (χ1) is 8.54. The molecule has 7 nitrogen and oxygen atoms in total. The fraction of sp³-hybridized carbons (Fsp3) is 0.818. The molecule has 1 fully saturated rings. The zero-order valence-electron chi connectivity index (χ0n) is 10.7. The van der Waals surface area contributed by atoms with Crippen LogP contribution in [0.15, 0.2) is 0 Å². The summed E-state index contributed by atoms with van der Waals surface area (Å²) in [6.45, 7) is 3.32. The molecule has 0 radical (unpaired) electrons. The van der Waals surface area contributed by atoms with Gasteiger partial charge in [-0.05, 0) is 0 Å². The summed E-state index contributed by atoms with van der Waals surface area (Å²) >= 11 is 0. The largest absolute Gasteiger partial charge is 0.481 e. The van der Waals surface area contributed by atoms with Gasteiger partial charge in [0.05, 0.1) is 13.0 Å². The topological polar surface area (TPSA) is 96.1 Å². The predicted molar refractivity (Wildman–Crippen MR) is 65.1 cm³/mol. The van der Waals surface area contributed by atoms with Gasteiger partial charge in [0.1, 0.15) is 6.04 Å². The summed E-state index contributed by atoms with van der Waals surface area (Å²) in [5.74, 6) is -0.898. The third-order valence-corrected chi connectivity index (χ3v) is 2.99. The van der Waals surface area contributed by atoms with Crippen LogP contribution in [-0.2, 0) is 14.3 Å². The summed E-state index contributed by atoms with van der Waals surface area (Å²) < 4.78 is 4.85. The molecule has 1 heterocycles. The van der Waals surface area contributed by atoms with E-state index in [-0.39, 0.29) is 18.9 Å². The van der Waals surface area contributed by atoms with E-state index in [9.17, 15) is 9.59 Å². The highest BCUT2D eigenvalue weighted by Crippen LogP contribution is 2.04. The summed E-state index contributed by atoms with van der Waals surface area (Å²) in [6.07, 6.45) is 0.136. The van der Waals surface area contributed by atoms with E-state index in [1.165, 1.54) is 7.11 Å². The number of methoxy groups -OCH3 is 1. The third kappa shape index (κ3) is 4.59. The van der Waals surface area contributed by atoms with Gasteiger partial charge >= 0.3 is 5.97 Å². The van der Waals surface area contributed by atoms with Crippen LogP contribution in [0, 0.1) is 0 Å². The van der Waals surface area contributed by atoms with E-state index < -0.39 is 12.0 Å². The first-order valence-electron chi connectivity index (χ1n) is 6.02. The lowest BCUT2D eigenvalue weighted by molar-refractivity contribution is -0.139. The molecule has 1 aliphatic rings. The van der Waals surface area contributed by atoms with Crippen LogP contribution in [0.5, 0.6) is 0 Å². The van der Waals surface area contributed by atoms with Crippen molar-refractivity contribution in [3.05, 3.63) is 0 Å². The molecule has 104 valence electrons. The number of amides is 1. The van der Waals surface area contributed by atoms with Crippen molar-refractivity contribution < 1.29 is 19.4 Å². The minimum Gasteiger partial charge on any atom is -0.481 e. The number of ether oxygens (including phenoxy) is 1. The van der Waals surface area contributed by atoms with Crippen molar-refractivity contribution >= 4 is 11.9 Å². The molecule has 1 unspecified atom stereocenters. The number of carboxylic acid groups (broad SMARTS) is 1. The van der Waals surface area contributed by atoms with E-state index in [2.05, 4.69) is 0 Å². The van der Waals surface area contributed by atoms with Crippen LogP contribution in [-0.4, -0.2) is 79.3 Å². The van der Waals surface area contributed by atoms with Gasteiger partial charge in [0.15, 0.2) is 0 Å². The Labute approximate surface area is 106 Å². The number of carbonyl (C=O) groups is 2. The van der Waals surface area contributed by atoms with Crippen molar-refractivity contribution in [1.82, 2.24) is 9.80 Å². The van der Waals surface area contributed by atoms with Crippen LogP contribution in [0.25, 0.3) is 0 Å². The summed E-state index contributed by atoms with van der Waals surface area (Å²) in [5, 5.41) is 8.59. The van der Waals surface area contributed by atoms with Gasteiger partial charge in [0.2, 0.25) is 5.91 Å². The highest BCUT2D eigenvalue weighted by molar-refractivity contribution is 5.81. The van der Waals surface area contributed by atoms with E-state index in [1.54, 1.807) is 4.90 Å². The Hall–Kier alpha value is -1.18. The molecule has 0 spiro atoms. The Morgan fingerprint density at radius 2 is 1.94 bits per heavy atom. The molecule has 3 N–H and O–H groups in total. The number of nitrogens with two attached hydrogens (primary N) is 1. The second-order valence-corrected chi connectivity index (χ2v) is 4.37. The van der Waals surface area contributed by atoms with Crippen LogP contribution >= 0.6 is 0 Å². The Kier molecular flexibility index (Phi) is 6.03. The number of hydrogen-bond donors (Lipinski definition) is 2. The van der Waals surface area contributed by atoms with Crippen molar-refractivity contribution in [3.8, 4) is 0 Å². The summed E-state index contributed by atoms with van der Waals surface area (Å²) in [7, 11) is 1.51. The molecule has 1 saturated heterocycles. The second kappa shape index (κ2) is 7.30. The monoisotopic (exact) mass is 259 g/mol. The zero-order valence-corrected chi connectivity index (χ0v) is 10.7. The van der Waals surface area contributed by atoms with E-state index >= 15 is 0 Å². The Bertz CT molecular complexity index is 290. The quantitative estimate of drug-likeness (QED) is 0.607. The maximum absolute atomic E-state index is 11.9. The third-order valence-electron chi connectivity index (χ3n) is 2.99. The zero-order chi connectivity index (χ0) is 13.5. The average Bonchev–Trinajstić information content (AvgIpc) is 2.36. The minimum atomic E-state index is -0.796. The van der Waals surface area contributed by atoms with Gasteiger partial charge < -0.3 is 20.5 Å². The van der Waals surface area contributed by atoms with Crippen molar-refractivity contribution in [3.63, 3.8) is 0 Å². The smallest absolute Gasteiger partial charge is 0.304 e. The molecule has 0 aliphatic carbocycles. The van der Waals surface area contributed by atoms with Crippen LogP contribution in [0.4, 0.5) is 0 Å². The van der Waals surface area contributed by atoms with Gasteiger partial charge in [-0.15, -0.1) is 0 Å². The van der Waals surface area contributed by atoms with Crippen LogP contribution in [0.1, 0.15) is 6.42 Å². The van der Waals surface area contributed by atoms with Gasteiger partial charge in [-0.25, -0.2) is 0 Å². The predicted octanol–water partition coefficient (Wildman–Crippen LogP) is -1.42. The number of nitrogens with zero attached hydrogens (tertiary/aromatic N) is 2. The molecule has 0 bridgehead atoms. The van der Waals surface area contributed by atoms with E-state index in [1.807, 2.05) is 4.90 Å². The number of carboxylic acids is 1. The maximum atomic E-state index is 11.9. The van der Waals surface area contributed by atoms with Crippen LogP contribution in [0.3, 0.4) is 0 Å². The molecular weight excluding hydrogens is 238 g/mol. The minimum absolute atomic E-state index is 0.102. The molecule has 18 heavy (non-hydrogen) atoms. The Morgan fingerprint density at radius 1 is 1.33 bits per heavy atom. The summed E-state index contributed by atoms with van der Waals surface area (Å²) in [6, 6.07) is -0.611. The maximum Gasteiger partial charge on any atom is 0.304 e. The molecule has 0 aromatic carbocycles. The Balaban J connectivity index is 2.30. The summed E-state index contributed by atoms with van der Waals surface area (Å²) in [5.41, 5.74) is 5.68. The van der Waals surface area contributed by atoms with Crippen molar-refractivity contribution in [2.75, 3.05) is 46.4 Å². The normalized spacial score (nSPS) is 18.7. The van der Waals surface area contributed by atoms with E-state index in [0.29, 0.717) is 32.7 Å². The molecule has 0 saturated carbocycles. The average molecular weight is 259 g/mol. The molecule has 1 aliphatic heterocycles. The highest BCUT2D eigenvalue weighted by Gasteiger charge is 2.25. The fourth-order valence-corrected chi connectivity index (χ4v) is 1.93. The summed E-state index contributed by atoms with van der Waals surface area (Å²) in [4.78, 5) is 26.1. The first-order valence-corrected chi connectivity index (χ1v) is 6.02. The van der Waals surface area contributed by atoms with Crippen molar-refractivity contribution in [1.29, 1.82) is 0 Å². The molecule has 0 aromatic heterocycles. The molecule has 1 amide bonds. The molecular formula is C11H21N3O4. The van der Waals surface area contributed by atoms with Crippen LogP contribution < -0.4 is 5.73 Å².